The maximum Gasteiger partial charge on any atom is 0.164 e. The van der Waals surface area contributed by atoms with Crippen molar-refractivity contribution in [2.24, 2.45) is 0 Å². The van der Waals surface area contributed by atoms with E-state index in [0.29, 0.717) is 41.2 Å². The normalized spacial score (nSPS) is 12.6. The van der Waals surface area contributed by atoms with E-state index in [1.54, 1.807) is 53.9 Å². The van der Waals surface area contributed by atoms with Crippen molar-refractivity contribution in [1.29, 1.82) is 5.26 Å². The highest BCUT2D eigenvalue weighted by Gasteiger charge is 2.17. The van der Waals surface area contributed by atoms with Crippen LogP contribution < -0.4 is 5.32 Å². The molecule has 0 saturated heterocycles. The average molecular weight is 448 g/mol. The molecule has 4 aromatic rings. The van der Waals surface area contributed by atoms with Crippen LogP contribution in [0.15, 0.2) is 36.9 Å². The minimum atomic E-state index is -0.787. The van der Waals surface area contributed by atoms with E-state index in [1.807, 2.05) is 6.92 Å². The van der Waals surface area contributed by atoms with Crippen molar-refractivity contribution in [1.82, 2.24) is 34.7 Å². The number of hydrogen-bond acceptors (Lipinski definition) is 9. The van der Waals surface area contributed by atoms with Gasteiger partial charge in [-0.3, -0.25) is 0 Å². The van der Waals surface area contributed by atoms with E-state index >= 15 is 0 Å². The number of nitriles is 1. The largest absolute Gasteiger partial charge is 0.394 e. The standard InChI is InChI=1S/C22H25N9O2/c1-14(13-32)27-18-7-20(31-21-16(10-26-31)6-15(8-23)9-25-21)24-11-19(18)30-12-17(28-29-30)4-5-22(2,3)33/h6-7,9-12,14,32-33H,4-5,13H2,1-3H3,(H,24,27). The second kappa shape index (κ2) is 8.93. The van der Waals surface area contributed by atoms with Crippen LogP contribution in [0.3, 0.4) is 0 Å². The highest BCUT2D eigenvalue weighted by molar-refractivity contribution is 5.77. The van der Waals surface area contributed by atoms with E-state index < -0.39 is 5.60 Å². The van der Waals surface area contributed by atoms with Crippen molar-refractivity contribution in [3.05, 3.63) is 48.2 Å². The number of nitrogens with one attached hydrogen (secondary N) is 1. The van der Waals surface area contributed by atoms with Gasteiger partial charge in [0.2, 0.25) is 0 Å². The van der Waals surface area contributed by atoms with Gasteiger partial charge in [-0.15, -0.1) is 5.10 Å². The number of aliphatic hydroxyl groups is 2. The Balaban J connectivity index is 1.71. The van der Waals surface area contributed by atoms with E-state index in [9.17, 15) is 10.2 Å². The van der Waals surface area contributed by atoms with Crippen molar-refractivity contribution in [3.8, 4) is 17.6 Å². The molecule has 0 saturated carbocycles. The number of fused-ring (bicyclic) bond motifs is 1. The van der Waals surface area contributed by atoms with Gasteiger partial charge < -0.3 is 15.5 Å². The summed E-state index contributed by atoms with van der Waals surface area (Å²) in [7, 11) is 0. The summed E-state index contributed by atoms with van der Waals surface area (Å²) in [6, 6.07) is 5.37. The zero-order chi connectivity index (χ0) is 23.6. The van der Waals surface area contributed by atoms with Crippen molar-refractivity contribution < 1.29 is 10.2 Å². The summed E-state index contributed by atoms with van der Waals surface area (Å²) in [4.78, 5) is 8.89. The monoisotopic (exact) mass is 447 g/mol. The molecule has 0 bridgehead atoms. The fraction of sp³-hybridized carbons (Fsp3) is 0.364. The molecule has 4 rings (SSSR count). The molecule has 4 aromatic heterocycles. The highest BCUT2D eigenvalue weighted by atomic mass is 16.3. The van der Waals surface area contributed by atoms with Crippen LogP contribution >= 0.6 is 0 Å². The second-order valence-electron chi connectivity index (χ2n) is 8.56. The third kappa shape index (κ3) is 4.97. The van der Waals surface area contributed by atoms with Gasteiger partial charge in [0.25, 0.3) is 0 Å². The maximum atomic E-state index is 9.97. The number of nitrogens with zero attached hydrogens (tertiary/aromatic N) is 8. The first-order valence-corrected chi connectivity index (χ1v) is 10.5. The highest BCUT2D eigenvalue weighted by Crippen LogP contribution is 2.25. The number of hydrogen-bond donors (Lipinski definition) is 3. The lowest BCUT2D eigenvalue weighted by molar-refractivity contribution is 0.0711. The molecule has 0 aromatic carbocycles. The van der Waals surface area contributed by atoms with E-state index in [2.05, 4.69) is 36.8 Å². The van der Waals surface area contributed by atoms with Crippen molar-refractivity contribution in [3.63, 3.8) is 0 Å². The first kappa shape index (κ1) is 22.3. The Morgan fingerprint density at radius 2 is 2.03 bits per heavy atom. The summed E-state index contributed by atoms with van der Waals surface area (Å²) in [5.74, 6) is 0.515. The third-order valence-electron chi connectivity index (χ3n) is 5.08. The van der Waals surface area contributed by atoms with Gasteiger partial charge in [0, 0.05) is 23.7 Å². The lowest BCUT2D eigenvalue weighted by atomic mass is 10.0. The lowest BCUT2D eigenvalue weighted by Gasteiger charge is -2.17. The van der Waals surface area contributed by atoms with E-state index in [-0.39, 0.29) is 12.6 Å². The molecule has 1 atom stereocenters. The molecule has 11 heteroatoms. The van der Waals surface area contributed by atoms with E-state index in [0.717, 1.165) is 11.1 Å². The number of rotatable bonds is 8. The molecule has 3 N–H and O–H groups in total. The van der Waals surface area contributed by atoms with Gasteiger partial charge in [-0.1, -0.05) is 5.21 Å². The number of anilines is 1. The van der Waals surface area contributed by atoms with Crippen LogP contribution in [0.5, 0.6) is 0 Å². The Labute approximate surface area is 190 Å². The minimum absolute atomic E-state index is 0.0610. The van der Waals surface area contributed by atoms with Crippen LogP contribution in [0.25, 0.3) is 22.5 Å². The van der Waals surface area contributed by atoms with Crippen LogP contribution in [0, 0.1) is 11.3 Å². The van der Waals surface area contributed by atoms with Gasteiger partial charge in [0.05, 0.1) is 47.7 Å². The lowest BCUT2D eigenvalue weighted by Crippen LogP contribution is -2.21. The van der Waals surface area contributed by atoms with Crippen molar-refractivity contribution in [2.45, 2.75) is 45.3 Å². The predicted octanol–water partition coefficient (Wildman–Crippen LogP) is 1.76. The Kier molecular flexibility index (Phi) is 6.04. The average Bonchev–Trinajstić information content (AvgIpc) is 3.43. The summed E-state index contributed by atoms with van der Waals surface area (Å²) in [5.41, 5.74) is 2.32. The van der Waals surface area contributed by atoms with Crippen LogP contribution in [-0.2, 0) is 6.42 Å². The first-order chi connectivity index (χ1) is 15.8. The summed E-state index contributed by atoms with van der Waals surface area (Å²) in [6.07, 6.45) is 7.71. The molecule has 33 heavy (non-hydrogen) atoms. The van der Waals surface area contributed by atoms with Crippen LogP contribution in [0.4, 0.5) is 5.69 Å². The molecular weight excluding hydrogens is 422 g/mol. The van der Waals surface area contributed by atoms with Crippen LogP contribution in [-0.4, -0.2) is 63.2 Å². The molecule has 0 fully saturated rings. The molecule has 1 unspecified atom stereocenters. The smallest absolute Gasteiger partial charge is 0.164 e. The number of aliphatic hydroxyl groups excluding tert-OH is 1. The summed E-state index contributed by atoms with van der Waals surface area (Å²) in [5, 5.41) is 45.4. The molecule has 4 heterocycles. The van der Waals surface area contributed by atoms with E-state index in [1.165, 1.54) is 6.20 Å². The summed E-state index contributed by atoms with van der Waals surface area (Å²) < 4.78 is 3.20. The minimum Gasteiger partial charge on any atom is -0.394 e. The molecular formula is C22H25N9O2. The zero-order valence-electron chi connectivity index (χ0n) is 18.6. The quantitative estimate of drug-likeness (QED) is 0.367. The Hall–Kier alpha value is -3.88. The maximum absolute atomic E-state index is 9.97. The van der Waals surface area contributed by atoms with Gasteiger partial charge in [-0.05, 0) is 39.7 Å². The fourth-order valence-electron chi connectivity index (χ4n) is 3.28. The van der Waals surface area contributed by atoms with Crippen molar-refractivity contribution in [2.75, 3.05) is 11.9 Å². The molecule has 11 nitrogen and oxygen atoms in total. The van der Waals surface area contributed by atoms with Gasteiger partial charge in [-0.2, -0.15) is 15.0 Å². The second-order valence-corrected chi connectivity index (χ2v) is 8.56. The number of aromatic nitrogens is 7. The van der Waals surface area contributed by atoms with Crippen LogP contribution in [0.1, 0.15) is 38.4 Å². The summed E-state index contributed by atoms with van der Waals surface area (Å²) >= 11 is 0. The molecule has 0 amide bonds. The van der Waals surface area contributed by atoms with Gasteiger partial charge >= 0.3 is 0 Å². The van der Waals surface area contributed by atoms with Gasteiger partial charge in [0.1, 0.15) is 11.8 Å². The first-order valence-electron chi connectivity index (χ1n) is 10.5. The predicted molar refractivity (Wildman–Crippen MR) is 121 cm³/mol. The molecule has 170 valence electrons. The number of aryl methyl sites for hydroxylation is 1. The molecule has 0 spiro atoms. The Bertz CT molecular complexity index is 1310. The van der Waals surface area contributed by atoms with Gasteiger partial charge in [0.15, 0.2) is 11.5 Å². The third-order valence-corrected chi connectivity index (χ3v) is 5.08. The summed E-state index contributed by atoms with van der Waals surface area (Å²) in [6.45, 7) is 5.31. The molecule has 0 aliphatic heterocycles. The van der Waals surface area contributed by atoms with Gasteiger partial charge in [-0.25, -0.2) is 14.6 Å². The SMILES string of the molecule is CC(CO)Nc1cc(-n2ncc3cc(C#N)cnc32)ncc1-n1cc(CCC(C)(C)O)nn1. The molecule has 0 aliphatic carbocycles. The Morgan fingerprint density at radius 3 is 2.76 bits per heavy atom. The molecule has 0 aliphatic rings. The Morgan fingerprint density at radius 1 is 1.21 bits per heavy atom. The fourth-order valence-corrected chi connectivity index (χ4v) is 3.28. The topological polar surface area (TPSA) is 151 Å². The van der Waals surface area contributed by atoms with Crippen molar-refractivity contribution >= 4 is 16.7 Å². The van der Waals surface area contributed by atoms with E-state index in [4.69, 9.17) is 5.26 Å². The van der Waals surface area contributed by atoms with Crippen LogP contribution in [0.2, 0.25) is 0 Å². The number of pyridine rings is 2. The molecule has 0 radical (unpaired) electrons. The zero-order valence-corrected chi connectivity index (χ0v) is 18.6.